The number of carbonyl (C=O) groups is 4. The van der Waals surface area contributed by atoms with Crippen LogP contribution in [0.15, 0.2) is 78.9 Å². The van der Waals surface area contributed by atoms with Gasteiger partial charge >= 0.3 is 0 Å². The first-order chi connectivity index (χ1) is 21.9. The molecule has 3 atom stereocenters. The molecular formula is C36H42N4O5. The van der Waals surface area contributed by atoms with E-state index in [-0.39, 0.29) is 37.1 Å². The third-order valence-electron chi connectivity index (χ3n) is 8.42. The molecule has 236 valence electrons. The topological polar surface area (TPSA) is 126 Å². The molecule has 4 amide bonds. The highest BCUT2D eigenvalue weighted by atomic mass is 16.5. The van der Waals surface area contributed by atoms with Crippen molar-refractivity contribution in [3.63, 3.8) is 0 Å². The Labute approximate surface area is 264 Å². The lowest BCUT2D eigenvalue weighted by Crippen LogP contribution is -2.58. The predicted octanol–water partition coefficient (Wildman–Crippen LogP) is 4.13. The van der Waals surface area contributed by atoms with Crippen LogP contribution in [0.1, 0.15) is 62.1 Å². The molecule has 0 spiro atoms. The van der Waals surface area contributed by atoms with Crippen molar-refractivity contribution < 1.29 is 23.9 Å². The molecule has 3 aromatic rings. The molecule has 45 heavy (non-hydrogen) atoms. The van der Waals surface area contributed by atoms with E-state index < -0.39 is 29.9 Å². The Morgan fingerprint density at radius 2 is 1.47 bits per heavy atom. The van der Waals surface area contributed by atoms with E-state index in [0.29, 0.717) is 24.3 Å². The van der Waals surface area contributed by atoms with E-state index in [0.717, 1.165) is 42.4 Å². The van der Waals surface area contributed by atoms with Crippen LogP contribution in [0.2, 0.25) is 0 Å². The highest BCUT2D eigenvalue weighted by molar-refractivity contribution is 5.94. The van der Waals surface area contributed by atoms with Gasteiger partial charge in [-0.05, 0) is 66.6 Å². The lowest BCUT2D eigenvalue weighted by molar-refractivity contribution is -0.134. The molecule has 1 saturated carbocycles. The van der Waals surface area contributed by atoms with Crippen LogP contribution in [0.25, 0.3) is 0 Å². The summed E-state index contributed by atoms with van der Waals surface area (Å²) in [5.41, 5.74) is 2.64. The summed E-state index contributed by atoms with van der Waals surface area (Å²) < 4.78 is 6.16. The van der Waals surface area contributed by atoms with Gasteiger partial charge in [-0.15, -0.1) is 0 Å². The summed E-state index contributed by atoms with van der Waals surface area (Å²) in [4.78, 5) is 53.8. The van der Waals surface area contributed by atoms with Gasteiger partial charge < -0.3 is 26.0 Å². The van der Waals surface area contributed by atoms with Crippen LogP contribution < -0.4 is 26.0 Å². The molecule has 1 aliphatic heterocycles. The second-order valence-corrected chi connectivity index (χ2v) is 11.9. The quantitative estimate of drug-likeness (QED) is 0.320. The van der Waals surface area contributed by atoms with Gasteiger partial charge in [0, 0.05) is 25.3 Å². The number of carbonyl (C=O) groups excluding carboxylic acids is 4. The van der Waals surface area contributed by atoms with Gasteiger partial charge in [0.25, 0.3) is 0 Å². The van der Waals surface area contributed by atoms with Crippen LogP contribution in [0.3, 0.4) is 0 Å². The summed E-state index contributed by atoms with van der Waals surface area (Å²) in [5, 5.41) is 11.8. The molecule has 0 radical (unpaired) electrons. The number of amides is 4. The van der Waals surface area contributed by atoms with Crippen LogP contribution in [-0.4, -0.2) is 47.8 Å². The third-order valence-corrected chi connectivity index (χ3v) is 8.42. The van der Waals surface area contributed by atoms with Crippen molar-refractivity contribution in [2.75, 3.05) is 0 Å². The van der Waals surface area contributed by atoms with Crippen LogP contribution in [0.5, 0.6) is 11.5 Å². The Bertz CT molecular complexity index is 1490. The highest BCUT2D eigenvalue weighted by Gasteiger charge is 2.31. The molecule has 1 heterocycles. The molecular weight excluding hydrogens is 568 g/mol. The summed E-state index contributed by atoms with van der Waals surface area (Å²) in [7, 11) is 0. The fourth-order valence-corrected chi connectivity index (χ4v) is 5.94. The molecule has 4 N–H and O–H groups in total. The molecule has 0 unspecified atom stereocenters. The zero-order chi connectivity index (χ0) is 31.6. The summed E-state index contributed by atoms with van der Waals surface area (Å²) in [6.45, 7) is 1.72. The molecule has 3 aromatic carbocycles. The minimum absolute atomic E-state index is 0.0771. The average molecular weight is 611 g/mol. The minimum Gasteiger partial charge on any atom is -0.457 e. The van der Waals surface area contributed by atoms with Crippen LogP contribution >= 0.6 is 0 Å². The van der Waals surface area contributed by atoms with Crippen molar-refractivity contribution in [1.29, 1.82) is 0 Å². The minimum atomic E-state index is -0.936. The smallest absolute Gasteiger partial charge is 0.243 e. The fourth-order valence-electron chi connectivity index (χ4n) is 5.94. The zero-order valence-electron chi connectivity index (χ0n) is 25.7. The van der Waals surface area contributed by atoms with Gasteiger partial charge in [0.05, 0.1) is 0 Å². The average Bonchev–Trinajstić information content (AvgIpc) is 3.55. The van der Waals surface area contributed by atoms with Gasteiger partial charge in [0.15, 0.2) is 0 Å². The number of hydrogen-bond acceptors (Lipinski definition) is 5. The molecule has 5 rings (SSSR count). The molecule has 1 fully saturated rings. The maximum Gasteiger partial charge on any atom is 0.243 e. The monoisotopic (exact) mass is 610 g/mol. The Balaban J connectivity index is 1.49. The van der Waals surface area contributed by atoms with E-state index >= 15 is 0 Å². The van der Waals surface area contributed by atoms with Crippen molar-refractivity contribution in [2.45, 2.75) is 88.9 Å². The van der Waals surface area contributed by atoms with E-state index in [1.165, 1.54) is 0 Å². The van der Waals surface area contributed by atoms with Crippen molar-refractivity contribution in [2.24, 2.45) is 0 Å². The Kier molecular flexibility index (Phi) is 10.8. The fraction of sp³-hybridized carbons (Fsp3) is 0.389. The summed E-state index contributed by atoms with van der Waals surface area (Å²) in [6, 6.07) is 22.0. The number of benzene rings is 3. The molecule has 0 saturated heterocycles. The van der Waals surface area contributed by atoms with E-state index in [4.69, 9.17) is 4.74 Å². The second kappa shape index (κ2) is 15.4. The summed E-state index contributed by atoms with van der Waals surface area (Å²) in [6.07, 6.45) is 5.45. The molecule has 0 aromatic heterocycles. The maximum absolute atomic E-state index is 14.0. The van der Waals surface area contributed by atoms with Gasteiger partial charge in [0.2, 0.25) is 23.6 Å². The maximum atomic E-state index is 14.0. The van der Waals surface area contributed by atoms with E-state index in [2.05, 4.69) is 21.3 Å². The lowest BCUT2D eigenvalue weighted by atomic mass is 10.00. The number of nitrogens with one attached hydrogen (secondary N) is 4. The standard InChI is InChI=1S/C36H42N4O5/c1-2-33(41)38-31-22-25-12-8-16-28(20-25)45-29-17-9-13-26(21-29)23-32(35(43)37-27-14-6-7-15-27)40-34(42)30(39-36(31)44)19-18-24-10-4-3-5-11-24/h3-5,8-13,16-17,20-21,27,30-32H,2,6-7,14-15,18-19,22-23H2,1H3,(H,37,43)(H,38,41)(H,39,44)(H,40,42)/t30-,31-,32-/m0/s1. The van der Waals surface area contributed by atoms with Gasteiger partial charge in [-0.2, -0.15) is 0 Å². The van der Waals surface area contributed by atoms with Gasteiger partial charge in [-0.1, -0.05) is 74.4 Å². The third kappa shape index (κ3) is 9.17. The van der Waals surface area contributed by atoms with Crippen LogP contribution in [0, 0.1) is 0 Å². The largest absolute Gasteiger partial charge is 0.457 e. The van der Waals surface area contributed by atoms with Gasteiger partial charge in [-0.25, -0.2) is 0 Å². The zero-order valence-corrected chi connectivity index (χ0v) is 25.7. The number of aryl methyl sites for hydroxylation is 1. The Morgan fingerprint density at radius 3 is 2.13 bits per heavy atom. The van der Waals surface area contributed by atoms with Gasteiger partial charge in [-0.3, -0.25) is 19.2 Å². The number of ether oxygens (including phenoxy) is 1. The molecule has 1 aliphatic carbocycles. The second-order valence-electron chi connectivity index (χ2n) is 11.9. The van der Waals surface area contributed by atoms with Gasteiger partial charge in [0.1, 0.15) is 29.6 Å². The van der Waals surface area contributed by atoms with E-state index in [9.17, 15) is 19.2 Å². The van der Waals surface area contributed by atoms with E-state index in [1.54, 1.807) is 6.92 Å². The first kappa shape index (κ1) is 31.8. The van der Waals surface area contributed by atoms with Crippen molar-refractivity contribution >= 4 is 23.6 Å². The number of hydrogen-bond donors (Lipinski definition) is 4. The Morgan fingerprint density at radius 1 is 0.800 bits per heavy atom. The predicted molar refractivity (Wildman–Crippen MR) is 172 cm³/mol. The SMILES string of the molecule is CCC(=O)N[C@H]1Cc2cccc(c2)Oc2cccc(c2)C[C@@H](C(=O)NC2CCCC2)NC(=O)[C@H](CCc2ccccc2)NC1=O. The molecule has 4 bridgehead atoms. The normalized spacial score (nSPS) is 20.8. The highest BCUT2D eigenvalue weighted by Crippen LogP contribution is 2.25. The number of rotatable bonds is 7. The first-order valence-electron chi connectivity index (χ1n) is 16.0. The van der Waals surface area contributed by atoms with Crippen LogP contribution in [0.4, 0.5) is 0 Å². The first-order valence-corrected chi connectivity index (χ1v) is 16.0. The summed E-state index contributed by atoms with van der Waals surface area (Å²) in [5.74, 6) is -0.275. The summed E-state index contributed by atoms with van der Waals surface area (Å²) >= 11 is 0. The lowest BCUT2D eigenvalue weighted by Gasteiger charge is -2.26. The molecule has 9 heteroatoms. The molecule has 2 aliphatic rings. The molecule has 9 nitrogen and oxygen atoms in total. The van der Waals surface area contributed by atoms with E-state index in [1.807, 2.05) is 78.9 Å². The number of fused-ring (bicyclic) bond motifs is 4. The van der Waals surface area contributed by atoms with Crippen molar-refractivity contribution in [3.05, 3.63) is 95.6 Å². The Hall–Kier alpha value is -4.66. The van der Waals surface area contributed by atoms with Crippen molar-refractivity contribution in [3.8, 4) is 11.5 Å². The van der Waals surface area contributed by atoms with Crippen molar-refractivity contribution in [1.82, 2.24) is 21.3 Å². The van der Waals surface area contributed by atoms with Crippen LogP contribution in [-0.2, 0) is 38.4 Å².